The molecule has 21 heavy (non-hydrogen) atoms. The molecule has 3 rings (SSSR count). The van der Waals surface area contributed by atoms with E-state index >= 15 is 0 Å². The molecule has 3 aromatic rings. The fraction of sp³-hybridized carbons (Fsp3) is 0.214. The second-order valence-electron chi connectivity index (χ2n) is 4.76. The van der Waals surface area contributed by atoms with E-state index in [4.69, 9.17) is 9.63 Å². The average molecular weight is 286 g/mol. The second kappa shape index (κ2) is 5.37. The van der Waals surface area contributed by atoms with Gasteiger partial charge in [0.05, 0.1) is 6.10 Å². The zero-order valence-corrected chi connectivity index (χ0v) is 11.3. The third-order valence-electron chi connectivity index (χ3n) is 2.99. The summed E-state index contributed by atoms with van der Waals surface area (Å²) in [7, 11) is 0. The maximum Gasteiger partial charge on any atom is 0.316 e. The molecular weight excluding hydrogens is 272 g/mol. The van der Waals surface area contributed by atoms with E-state index < -0.39 is 12.0 Å². The van der Waals surface area contributed by atoms with E-state index in [1.807, 2.05) is 30.5 Å². The molecule has 0 radical (unpaired) electrons. The monoisotopic (exact) mass is 286 g/mol. The van der Waals surface area contributed by atoms with Crippen LogP contribution in [-0.4, -0.2) is 38.8 Å². The molecule has 0 saturated carbocycles. The van der Waals surface area contributed by atoms with Gasteiger partial charge in [0.15, 0.2) is 0 Å². The molecular formula is C14H14N4O3. The summed E-state index contributed by atoms with van der Waals surface area (Å²) in [6, 6.07) is 7.64. The van der Waals surface area contributed by atoms with Crippen LogP contribution in [0.3, 0.4) is 0 Å². The lowest BCUT2D eigenvalue weighted by Gasteiger charge is -2.03. The average Bonchev–Trinajstić information content (AvgIpc) is 3.12. The molecule has 2 heterocycles. The van der Waals surface area contributed by atoms with Gasteiger partial charge in [0.1, 0.15) is 0 Å². The van der Waals surface area contributed by atoms with Crippen molar-refractivity contribution in [2.75, 3.05) is 6.54 Å². The summed E-state index contributed by atoms with van der Waals surface area (Å²) in [5, 5.41) is 16.5. The minimum absolute atomic E-state index is 0.128. The van der Waals surface area contributed by atoms with Gasteiger partial charge in [-0.1, -0.05) is 17.3 Å². The molecule has 0 spiro atoms. The first-order valence-electron chi connectivity index (χ1n) is 6.51. The number of hydrogen-bond donors (Lipinski definition) is 3. The highest BCUT2D eigenvalue weighted by Gasteiger charge is 2.16. The normalized spacial score (nSPS) is 12.5. The number of aliphatic hydroxyl groups excluding tert-OH is 1. The van der Waals surface area contributed by atoms with Gasteiger partial charge in [-0.05, 0) is 24.4 Å². The predicted octanol–water partition coefficient (Wildman–Crippen LogP) is 1.33. The number of fused-ring (bicyclic) bond motifs is 1. The van der Waals surface area contributed by atoms with E-state index in [0.29, 0.717) is 5.82 Å². The highest BCUT2D eigenvalue weighted by molar-refractivity contribution is 5.90. The first kappa shape index (κ1) is 13.3. The Labute approximate surface area is 120 Å². The van der Waals surface area contributed by atoms with Gasteiger partial charge in [-0.2, -0.15) is 4.98 Å². The molecule has 0 fully saturated rings. The quantitative estimate of drug-likeness (QED) is 0.671. The van der Waals surface area contributed by atoms with Crippen molar-refractivity contribution in [2.45, 2.75) is 13.0 Å². The highest BCUT2D eigenvalue weighted by atomic mass is 16.5. The molecule has 7 heteroatoms. The van der Waals surface area contributed by atoms with Crippen molar-refractivity contribution in [1.82, 2.24) is 20.4 Å². The molecule has 0 saturated heterocycles. The lowest BCUT2D eigenvalue weighted by molar-refractivity contribution is 0.0880. The van der Waals surface area contributed by atoms with Gasteiger partial charge in [-0.25, -0.2) is 0 Å². The topological polar surface area (TPSA) is 104 Å². The largest absolute Gasteiger partial charge is 0.392 e. The van der Waals surface area contributed by atoms with Gasteiger partial charge >= 0.3 is 11.8 Å². The molecule has 7 nitrogen and oxygen atoms in total. The number of carbonyl (C=O) groups excluding carboxylic acids is 1. The summed E-state index contributed by atoms with van der Waals surface area (Å²) in [4.78, 5) is 18.9. The van der Waals surface area contributed by atoms with E-state index in [0.717, 1.165) is 16.5 Å². The summed E-state index contributed by atoms with van der Waals surface area (Å²) >= 11 is 0. The Morgan fingerprint density at radius 2 is 2.33 bits per heavy atom. The molecule has 1 amide bonds. The van der Waals surface area contributed by atoms with Crippen molar-refractivity contribution in [3.63, 3.8) is 0 Å². The van der Waals surface area contributed by atoms with Crippen LogP contribution in [0.2, 0.25) is 0 Å². The number of carbonyl (C=O) groups is 1. The maximum atomic E-state index is 11.7. The van der Waals surface area contributed by atoms with Crippen molar-refractivity contribution in [1.29, 1.82) is 0 Å². The Morgan fingerprint density at radius 1 is 1.48 bits per heavy atom. The number of hydrogen-bond acceptors (Lipinski definition) is 5. The molecule has 0 aliphatic carbocycles. The maximum absolute atomic E-state index is 11.7. The number of aliphatic hydroxyl groups is 1. The van der Waals surface area contributed by atoms with Gasteiger partial charge in [0.2, 0.25) is 5.82 Å². The van der Waals surface area contributed by atoms with Crippen LogP contribution in [-0.2, 0) is 0 Å². The Kier molecular flexibility index (Phi) is 3.41. The number of benzene rings is 1. The van der Waals surface area contributed by atoms with Gasteiger partial charge in [-0.15, -0.1) is 0 Å². The fourth-order valence-corrected chi connectivity index (χ4v) is 1.94. The highest BCUT2D eigenvalue weighted by Crippen LogP contribution is 2.21. The van der Waals surface area contributed by atoms with Gasteiger partial charge < -0.3 is 19.9 Å². The van der Waals surface area contributed by atoms with Crippen LogP contribution < -0.4 is 5.32 Å². The zero-order chi connectivity index (χ0) is 14.8. The summed E-state index contributed by atoms with van der Waals surface area (Å²) in [6.07, 6.45) is 1.21. The molecule has 1 unspecified atom stereocenters. The van der Waals surface area contributed by atoms with Gasteiger partial charge in [0.25, 0.3) is 0 Å². The molecule has 3 N–H and O–H groups in total. The lowest BCUT2D eigenvalue weighted by Crippen LogP contribution is -2.30. The summed E-state index contributed by atoms with van der Waals surface area (Å²) < 4.78 is 4.94. The molecule has 0 aliphatic heterocycles. The van der Waals surface area contributed by atoms with Crippen molar-refractivity contribution in [3.05, 3.63) is 36.4 Å². The third kappa shape index (κ3) is 2.77. The SMILES string of the molecule is CC(O)CNC(=O)c1nc(-c2ccc3cc[nH]c3c2)no1. The first-order valence-corrected chi connectivity index (χ1v) is 6.51. The van der Waals surface area contributed by atoms with E-state index in [1.54, 1.807) is 6.92 Å². The Morgan fingerprint density at radius 3 is 3.14 bits per heavy atom. The van der Waals surface area contributed by atoms with Crippen LogP contribution in [0.4, 0.5) is 0 Å². The summed E-state index contributed by atoms with van der Waals surface area (Å²) in [5.41, 5.74) is 1.71. The minimum Gasteiger partial charge on any atom is -0.392 e. The predicted molar refractivity (Wildman–Crippen MR) is 75.6 cm³/mol. The summed E-state index contributed by atoms with van der Waals surface area (Å²) in [5.74, 6) is -0.290. The van der Waals surface area contributed by atoms with E-state index in [-0.39, 0.29) is 12.4 Å². The van der Waals surface area contributed by atoms with E-state index in [9.17, 15) is 4.79 Å². The summed E-state index contributed by atoms with van der Waals surface area (Å²) in [6.45, 7) is 1.70. The lowest BCUT2D eigenvalue weighted by atomic mass is 10.1. The van der Waals surface area contributed by atoms with Crippen molar-refractivity contribution in [2.24, 2.45) is 0 Å². The van der Waals surface area contributed by atoms with Crippen molar-refractivity contribution in [3.8, 4) is 11.4 Å². The van der Waals surface area contributed by atoms with Crippen molar-refractivity contribution >= 4 is 16.8 Å². The Hall–Kier alpha value is -2.67. The number of aromatic nitrogens is 3. The first-order chi connectivity index (χ1) is 10.1. The van der Waals surface area contributed by atoms with Crippen LogP contribution >= 0.6 is 0 Å². The van der Waals surface area contributed by atoms with E-state index in [2.05, 4.69) is 20.4 Å². The zero-order valence-electron chi connectivity index (χ0n) is 11.3. The number of nitrogens with zero attached hydrogens (tertiary/aromatic N) is 2. The molecule has 0 aliphatic rings. The molecule has 2 aromatic heterocycles. The standard InChI is InChI=1S/C14H14N4O3/c1-8(19)7-16-13(20)14-17-12(18-21-14)10-3-2-9-4-5-15-11(9)6-10/h2-6,8,15,19H,7H2,1H3,(H,16,20). The van der Waals surface area contributed by atoms with Crippen LogP contribution in [0.1, 0.15) is 17.6 Å². The van der Waals surface area contributed by atoms with E-state index in [1.165, 1.54) is 0 Å². The van der Waals surface area contributed by atoms with Crippen LogP contribution in [0, 0.1) is 0 Å². The van der Waals surface area contributed by atoms with Crippen LogP contribution in [0.5, 0.6) is 0 Å². The van der Waals surface area contributed by atoms with Crippen LogP contribution in [0.15, 0.2) is 35.0 Å². The number of rotatable bonds is 4. The smallest absolute Gasteiger partial charge is 0.316 e. The fourth-order valence-electron chi connectivity index (χ4n) is 1.94. The number of H-pyrrole nitrogens is 1. The third-order valence-corrected chi connectivity index (χ3v) is 2.99. The Bertz CT molecular complexity index is 775. The molecule has 1 atom stereocenters. The molecule has 0 bridgehead atoms. The van der Waals surface area contributed by atoms with Crippen LogP contribution in [0.25, 0.3) is 22.3 Å². The van der Waals surface area contributed by atoms with Gasteiger partial charge in [-0.3, -0.25) is 4.79 Å². The second-order valence-corrected chi connectivity index (χ2v) is 4.76. The minimum atomic E-state index is -0.633. The number of nitrogens with one attached hydrogen (secondary N) is 2. The van der Waals surface area contributed by atoms with Gasteiger partial charge in [0, 0.05) is 23.8 Å². The molecule has 1 aromatic carbocycles. The number of aromatic amines is 1. The Balaban J connectivity index is 1.82. The van der Waals surface area contributed by atoms with Crippen molar-refractivity contribution < 1.29 is 14.4 Å². The molecule has 108 valence electrons. The number of amides is 1.